The van der Waals surface area contributed by atoms with Crippen LogP contribution in [0, 0.1) is 0 Å². The largest absolute Gasteiger partial charge is 0.365 e. The number of fused-ring (bicyclic) bond motifs is 1. The van der Waals surface area contributed by atoms with Gasteiger partial charge in [0.15, 0.2) is 0 Å². The van der Waals surface area contributed by atoms with Crippen molar-refractivity contribution in [2.45, 2.75) is 19.1 Å². The second-order valence-electron chi connectivity index (χ2n) is 3.83. The zero-order chi connectivity index (χ0) is 9.54. The van der Waals surface area contributed by atoms with Crippen molar-refractivity contribution in [3.63, 3.8) is 0 Å². The van der Waals surface area contributed by atoms with Crippen LogP contribution in [0.5, 0.6) is 0 Å². The van der Waals surface area contributed by atoms with Crippen molar-refractivity contribution in [1.29, 1.82) is 0 Å². The first-order valence-electron chi connectivity index (χ1n) is 4.99. The molecular weight excluding hydrogens is 172 g/mol. The number of epoxide rings is 1. The maximum Gasteiger partial charge on any atom is 0.109 e. The molecule has 1 saturated heterocycles. The maximum absolute atomic E-state index is 5.51. The van der Waals surface area contributed by atoms with Gasteiger partial charge in [0, 0.05) is 0 Å². The van der Waals surface area contributed by atoms with E-state index in [1.54, 1.807) is 0 Å². The molecule has 0 saturated carbocycles. The van der Waals surface area contributed by atoms with Gasteiger partial charge in [-0.25, -0.2) is 0 Å². The standard InChI is InChI=1S/C13H12O/c1-9-13(14-9)12-8-4-6-10-5-2-3-7-11(10)12/h2-9,13H,1H3/t9-,13-/m0/s1. The fraction of sp³-hybridized carbons (Fsp3) is 0.231. The second kappa shape index (κ2) is 2.82. The van der Waals surface area contributed by atoms with E-state index in [4.69, 9.17) is 4.74 Å². The van der Waals surface area contributed by atoms with E-state index in [2.05, 4.69) is 49.4 Å². The highest BCUT2D eigenvalue weighted by molar-refractivity contribution is 5.86. The van der Waals surface area contributed by atoms with Gasteiger partial charge in [0.05, 0.1) is 6.10 Å². The summed E-state index contributed by atoms with van der Waals surface area (Å²) in [6.45, 7) is 2.12. The van der Waals surface area contributed by atoms with E-state index in [9.17, 15) is 0 Å². The van der Waals surface area contributed by atoms with E-state index in [1.165, 1.54) is 16.3 Å². The average molecular weight is 184 g/mol. The molecule has 14 heavy (non-hydrogen) atoms. The highest BCUT2D eigenvalue weighted by Crippen LogP contribution is 2.41. The van der Waals surface area contributed by atoms with E-state index < -0.39 is 0 Å². The third-order valence-corrected chi connectivity index (χ3v) is 2.84. The fourth-order valence-corrected chi connectivity index (χ4v) is 2.01. The summed E-state index contributed by atoms with van der Waals surface area (Å²) in [4.78, 5) is 0. The van der Waals surface area contributed by atoms with Crippen molar-refractivity contribution in [2.75, 3.05) is 0 Å². The van der Waals surface area contributed by atoms with Crippen LogP contribution in [0.25, 0.3) is 10.8 Å². The molecule has 2 atom stereocenters. The minimum absolute atomic E-state index is 0.320. The molecule has 2 aromatic rings. The van der Waals surface area contributed by atoms with Gasteiger partial charge >= 0.3 is 0 Å². The Labute approximate surface area is 83.3 Å². The van der Waals surface area contributed by atoms with Crippen LogP contribution in [0.2, 0.25) is 0 Å². The SMILES string of the molecule is C[C@@H]1O[C@@H]1c1cccc2ccccc12. The van der Waals surface area contributed by atoms with Crippen LogP contribution in [0.4, 0.5) is 0 Å². The summed E-state index contributed by atoms with van der Waals surface area (Å²) in [5.41, 5.74) is 1.33. The minimum atomic E-state index is 0.320. The van der Waals surface area contributed by atoms with E-state index in [0.29, 0.717) is 12.2 Å². The lowest BCUT2D eigenvalue weighted by Crippen LogP contribution is -1.85. The lowest BCUT2D eigenvalue weighted by Gasteiger charge is -2.02. The van der Waals surface area contributed by atoms with Crippen LogP contribution >= 0.6 is 0 Å². The van der Waals surface area contributed by atoms with Crippen LogP contribution in [0.1, 0.15) is 18.6 Å². The first-order valence-corrected chi connectivity index (χ1v) is 4.99. The Morgan fingerprint density at radius 2 is 1.71 bits per heavy atom. The molecule has 0 N–H and O–H groups in total. The molecular formula is C13H12O. The molecule has 1 fully saturated rings. The monoisotopic (exact) mass is 184 g/mol. The van der Waals surface area contributed by atoms with Gasteiger partial charge in [0.2, 0.25) is 0 Å². The number of rotatable bonds is 1. The van der Waals surface area contributed by atoms with E-state index in [0.717, 1.165) is 0 Å². The average Bonchev–Trinajstić information content (AvgIpc) is 2.95. The summed E-state index contributed by atoms with van der Waals surface area (Å²) in [6, 6.07) is 14.9. The van der Waals surface area contributed by atoms with Crippen molar-refractivity contribution in [3.05, 3.63) is 48.0 Å². The van der Waals surface area contributed by atoms with Gasteiger partial charge in [-0.05, 0) is 23.3 Å². The quantitative estimate of drug-likeness (QED) is 0.619. The molecule has 1 aliphatic heterocycles. The maximum atomic E-state index is 5.51. The van der Waals surface area contributed by atoms with Gasteiger partial charge in [0.1, 0.15) is 6.10 Å². The van der Waals surface area contributed by atoms with Gasteiger partial charge in [-0.2, -0.15) is 0 Å². The van der Waals surface area contributed by atoms with Crippen molar-refractivity contribution >= 4 is 10.8 Å². The highest BCUT2D eigenvalue weighted by atomic mass is 16.6. The predicted molar refractivity (Wildman–Crippen MR) is 57.2 cm³/mol. The van der Waals surface area contributed by atoms with Gasteiger partial charge in [0.25, 0.3) is 0 Å². The van der Waals surface area contributed by atoms with E-state index >= 15 is 0 Å². The van der Waals surface area contributed by atoms with E-state index in [-0.39, 0.29) is 0 Å². The number of hydrogen-bond acceptors (Lipinski definition) is 1. The molecule has 0 radical (unpaired) electrons. The van der Waals surface area contributed by atoms with Crippen LogP contribution in [-0.4, -0.2) is 6.10 Å². The smallest absolute Gasteiger partial charge is 0.109 e. The third kappa shape index (κ3) is 1.13. The fourth-order valence-electron chi connectivity index (χ4n) is 2.01. The van der Waals surface area contributed by atoms with Crippen LogP contribution in [-0.2, 0) is 4.74 Å². The van der Waals surface area contributed by atoms with Gasteiger partial charge < -0.3 is 4.74 Å². The molecule has 3 rings (SSSR count). The number of benzene rings is 2. The zero-order valence-corrected chi connectivity index (χ0v) is 8.10. The van der Waals surface area contributed by atoms with Gasteiger partial charge in [-0.1, -0.05) is 42.5 Å². The lowest BCUT2D eigenvalue weighted by atomic mass is 10.0. The lowest BCUT2D eigenvalue weighted by molar-refractivity contribution is 0.384. The van der Waals surface area contributed by atoms with Gasteiger partial charge in [-0.3, -0.25) is 0 Å². The molecule has 1 nitrogen and oxygen atoms in total. The Kier molecular flexibility index (Phi) is 1.62. The minimum Gasteiger partial charge on any atom is -0.365 e. The molecule has 70 valence electrons. The molecule has 1 heteroatoms. The molecule has 0 aliphatic carbocycles. The molecule has 0 bridgehead atoms. The topological polar surface area (TPSA) is 12.5 Å². The molecule has 2 aromatic carbocycles. The highest BCUT2D eigenvalue weighted by Gasteiger charge is 2.36. The van der Waals surface area contributed by atoms with Crippen LogP contribution in [0.15, 0.2) is 42.5 Å². The molecule has 0 amide bonds. The first-order chi connectivity index (χ1) is 6.86. The molecule has 0 unspecified atom stereocenters. The number of ether oxygens (including phenoxy) is 1. The Hall–Kier alpha value is -1.34. The zero-order valence-electron chi connectivity index (χ0n) is 8.10. The molecule has 1 aliphatic rings. The Bertz CT molecular complexity index is 470. The first kappa shape index (κ1) is 8.01. The molecule has 1 heterocycles. The summed E-state index contributed by atoms with van der Waals surface area (Å²) in [6.07, 6.45) is 0.710. The summed E-state index contributed by atoms with van der Waals surface area (Å²) in [7, 11) is 0. The normalized spacial score (nSPS) is 25.2. The summed E-state index contributed by atoms with van der Waals surface area (Å²) >= 11 is 0. The Morgan fingerprint density at radius 3 is 2.50 bits per heavy atom. The number of hydrogen-bond donors (Lipinski definition) is 0. The van der Waals surface area contributed by atoms with Crippen molar-refractivity contribution < 1.29 is 4.74 Å². The summed E-state index contributed by atoms with van der Waals surface area (Å²) < 4.78 is 5.51. The summed E-state index contributed by atoms with van der Waals surface area (Å²) in [5, 5.41) is 2.62. The second-order valence-corrected chi connectivity index (χ2v) is 3.83. The summed E-state index contributed by atoms with van der Waals surface area (Å²) in [5.74, 6) is 0. The van der Waals surface area contributed by atoms with Crippen LogP contribution in [0.3, 0.4) is 0 Å². The Balaban J connectivity index is 2.23. The third-order valence-electron chi connectivity index (χ3n) is 2.84. The van der Waals surface area contributed by atoms with Crippen LogP contribution < -0.4 is 0 Å². The molecule has 0 aromatic heterocycles. The van der Waals surface area contributed by atoms with E-state index in [1.807, 2.05) is 0 Å². The van der Waals surface area contributed by atoms with Crippen molar-refractivity contribution in [2.24, 2.45) is 0 Å². The van der Waals surface area contributed by atoms with Gasteiger partial charge in [-0.15, -0.1) is 0 Å². The molecule has 0 spiro atoms. The Morgan fingerprint density at radius 1 is 1.00 bits per heavy atom. The van der Waals surface area contributed by atoms with Crippen molar-refractivity contribution in [3.8, 4) is 0 Å². The predicted octanol–water partition coefficient (Wildman–Crippen LogP) is 3.30. The van der Waals surface area contributed by atoms with Crippen molar-refractivity contribution in [1.82, 2.24) is 0 Å².